The molecule has 4 rings (SSSR count). The number of amides is 4. The molecule has 3 aromatic rings. The van der Waals surface area contributed by atoms with Crippen LogP contribution in [0.25, 0.3) is 6.08 Å². The maximum Gasteiger partial charge on any atom is 0.335 e. The van der Waals surface area contributed by atoms with Gasteiger partial charge in [0.1, 0.15) is 12.2 Å². The minimum Gasteiger partial charge on any atom is -0.493 e. The molecule has 0 bridgehead atoms. The van der Waals surface area contributed by atoms with E-state index in [1.165, 1.54) is 19.3 Å². The summed E-state index contributed by atoms with van der Waals surface area (Å²) in [4.78, 5) is 38.8. The van der Waals surface area contributed by atoms with Gasteiger partial charge in [-0.25, -0.2) is 9.69 Å². The normalized spacial score (nSPS) is 14.8. The number of carbonyl (C=O) groups is 3. The molecule has 0 atom stereocenters. The highest BCUT2D eigenvalue weighted by Crippen LogP contribution is 2.38. The van der Waals surface area contributed by atoms with Crippen molar-refractivity contribution in [2.45, 2.75) is 6.61 Å². The predicted molar refractivity (Wildman–Crippen MR) is 137 cm³/mol. The number of hydrogen-bond donors (Lipinski definition) is 1. The van der Waals surface area contributed by atoms with Crippen molar-refractivity contribution in [3.05, 3.63) is 91.9 Å². The molecule has 7 nitrogen and oxygen atoms in total. The van der Waals surface area contributed by atoms with Crippen LogP contribution < -0.4 is 19.7 Å². The van der Waals surface area contributed by atoms with Crippen molar-refractivity contribution in [3.8, 4) is 11.5 Å². The van der Waals surface area contributed by atoms with Gasteiger partial charge >= 0.3 is 6.03 Å². The molecule has 0 unspecified atom stereocenters. The third-order valence-corrected chi connectivity index (χ3v) is 6.07. The van der Waals surface area contributed by atoms with Crippen LogP contribution in [-0.4, -0.2) is 25.0 Å². The van der Waals surface area contributed by atoms with Crippen LogP contribution in [0.2, 0.25) is 10.0 Å². The average molecular weight is 576 g/mol. The van der Waals surface area contributed by atoms with Gasteiger partial charge < -0.3 is 9.47 Å². The van der Waals surface area contributed by atoms with Gasteiger partial charge in [-0.3, -0.25) is 14.9 Å². The first-order valence-corrected chi connectivity index (χ1v) is 11.7. The Hall–Kier alpha value is -3.33. The molecule has 1 fully saturated rings. The predicted octanol–water partition coefficient (Wildman–Crippen LogP) is 6.01. The number of barbiturate groups is 1. The molecule has 3 aromatic carbocycles. The number of carbonyl (C=O) groups excluding carboxylic acids is 3. The summed E-state index contributed by atoms with van der Waals surface area (Å²) in [7, 11) is 1.45. The molecule has 0 aromatic heterocycles. The Morgan fingerprint density at radius 3 is 2.46 bits per heavy atom. The topological polar surface area (TPSA) is 84.9 Å². The van der Waals surface area contributed by atoms with Crippen LogP contribution in [0, 0.1) is 0 Å². The van der Waals surface area contributed by atoms with Crippen molar-refractivity contribution in [1.29, 1.82) is 0 Å². The number of imide groups is 2. The maximum absolute atomic E-state index is 13.1. The second-order valence-electron chi connectivity index (χ2n) is 7.39. The highest BCUT2D eigenvalue weighted by molar-refractivity contribution is 9.10. The Bertz CT molecular complexity index is 1360. The molecule has 1 saturated heterocycles. The van der Waals surface area contributed by atoms with E-state index in [1.54, 1.807) is 42.5 Å². The van der Waals surface area contributed by atoms with Crippen LogP contribution in [0.3, 0.4) is 0 Å². The second-order valence-corrected chi connectivity index (χ2v) is 9.15. The van der Waals surface area contributed by atoms with Crippen LogP contribution >= 0.6 is 39.1 Å². The smallest absolute Gasteiger partial charge is 0.335 e. The molecule has 10 heteroatoms. The Kier molecular flexibility index (Phi) is 7.45. The Morgan fingerprint density at radius 1 is 1.03 bits per heavy atom. The summed E-state index contributed by atoms with van der Waals surface area (Å²) in [5, 5.41) is 2.98. The van der Waals surface area contributed by atoms with Crippen LogP contribution in [0.4, 0.5) is 10.5 Å². The fraction of sp³-hybridized carbons (Fsp3) is 0.0800. The molecule has 35 heavy (non-hydrogen) atoms. The van der Waals surface area contributed by atoms with Gasteiger partial charge in [0.2, 0.25) is 0 Å². The SMILES string of the molecule is COc1cc(/C=C2\C(=O)NC(=O)N(c3ccc(Br)cc3)C2=O)cc(Cl)c1OCc1cccc(Cl)c1. The second kappa shape index (κ2) is 10.5. The van der Waals surface area contributed by atoms with Gasteiger partial charge in [0, 0.05) is 9.50 Å². The van der Waals surface area contributed by atoms with Crippen molar-refractivity contribution in [2.75, 3.05) is 12.0 Å². The number of rotatable bonds is 6. The van der Waals surface area contributed by atoms with E-state index in [2.05, 4.69) is 21.2 Å². The number of urea groups is 1. The zero-order valence-electron chi connectivity index (χ0n) is 18.2. The van der Waals surface area contributed by atoms with Gasteiger partial charge in [0.05, 0.1) is 17.8 Å². The van der Waals surface area contributed by atoms with E-state index in [4.69, 9.17) is 32.7 Å². The van der Waals surface area contributed by atoms with Crippen LogP contribution in [0.1, 0.15) is 11.1 Å². The molecule has 0 radical (unpaired) electrons. The molecule has 0 aliphatic carbocycles. The summed E-state index contributed by atoms with van der Waals surface area (Å²) in [5.74, 6) is -0.986. The zero-order valence-corrected chi connectivity index (χ0v) is 21.3. The lowest BCUT2D eigenvalue weighted by Crippen LogP contribution is -2.54. The van der Waals surface area contributed by atoms with Gasteiger partial charge in [0.15, 0.2) is 11.5 Å². The molecule has 178 valence electrons. The minimum absolute atomic E-state index is 0.197. The largest absolute Gasteiger partial charge is 0.493 e. The Labute approximate surface area is 219 Å². The van der Waals surface area contributed by atoms with E-state index in [-0.39, 0.29) is 17.2 Å². The number of ether oxygens (including phenoxy) is 2. The first-order valence-electron chi connectivity index (χ1n) is 10.2. The van der Waals surface area contributed by atoms with E-state index in [0.29, 0.717) is 27.8 Å². The van der Waals surface area contributed by atoms with Crippen molar-refractivity contribution in [3.63, 3.8) is 0 Å². The number of benzene rings is 3. The van der Waals surface area contributed by atoms with Gasteiger partial charge in [-0.2, -0.15) is 0 Å². The number of nitrogens with one attached hydrogen (secondary N) is 1. The third-order valence-electron chi connectivity index (χ3n) is 5.02. The molecular formula is C25H17BrCl2N2O5. The van der Waals surface area contributed by atoms with E-state index < -0.39 is 17.8 Å². The molecule has 0 saturated carbocycles. The molecule has 1 N–H and O–H groups in total. The summed E-state index contributed by atoms with van der Waals surface area (Å²) in [6.07, 6.45) is 1.34. The van der Waals surface area contributed by atoms with Gasteiger partial charge in [-0.1, -0.05) is 51.3 Å². The first kappa shape index (κ1) is 24.8. The minimum atomic E-state index is -0.833. The Morgan fingerprint density at radius 2 is 1.77 bits per heavy atom. The quantitative estimate of drug-likeness (QED) is 0.287. The average Bonchev–Trinajstić information content (AvgIpc) is 2.82. The standard InChI is InChI=1S/C25H17BrCl2N2O5/c1-34-21-12-15(11-20(28)22(21)35-13-14-3-2-4-17(27)9-14)10-19-23(31)29-25(33)30(24(19)32)18-7-5-16(26)6-8-18/h2-12H,13H2,1H3,(H,29,31,33)/b19-10+. The molecule has 1 aliphatic heterocycles. The monoisotopic (exact) mass is 574 g/mol. The van der Waals surface area contributed by atoms with Gasteiger partial charge in [-0.15, -0.1) is 0 Å². The van der Waals surface area contributed by atoms with Crippen molar-refractivity contribution >= 4 is 68.7 Å². The van der Waals surface area contributed by atoms with Crippen molar-refractivity contribution < 1.29 is 23.9 Å². The highest BCUT2D eigenvalue weighted by Gasteiger charge is 2.36. The summed E-state index contributed by atoms with van der Waals surface area (Å²) in [6, 6.07) is 16.0. The van der Waals surface area contributed by atoms with Crippen LogP contribution in [0.15, 0.2) is 70.7 Å². The first-order chi connectivity index (χ1) is 16.8. The molecule has 1 aliphatic rings. The summed E-state index contributed by atoms with van der Waals surface area (Å²) >= 11 is 15.8. The number of anilines is 1. The molecule has 1 heterocycles. The summed E-state index contributed by atoms with van der Waals surface area (Å²) in [6.45, 7) is 0.197. The lowest BCUT2D eigenvalue weighted by Gasteiger charge is -2.26. The molecule has 4 amide bonds. The van der Waals surface area contributed by atoms with Crippen molar-refractivity contribution in [2.24, 2.45) is 0 Å². The fourth-order valence-electron chi connectivity index (χ4n) is 3.39. The van der Waals surface area contributed by atoms with E-state index >= 15 is 0 Å². The number of hydrogen-bond acceptors (Lipinski definition) is 5. The fourth-order valence-corrected chi connectivity index (χ4v) is 4.15. The van der Waals surface area contributed by atoms with E-state index in [1.807, 2.05) is 12.1 Å². The van der Waals surface area contributed by atoms with E-state index in [9.17, 15) is 14.4 Å². The maximum atomic E-state index is 13.1. The lowest BCUT2D eigenvalue weighted by molar-refractivity contribution is -0.122. The van der Waals surface area contributed by atoms with Gasteiger partial charge in [0.25, 0.3) is 11.8 Å². The van der Waals surface area contributed by atoms with Crippen LogP contribution in [-0.2, 0) is 16.2 Å². The summed E-state index contributed by atoms with van der Waals surface area (Å²) < 4.78 is 12.0. The number of nitrogens with zero attached hydrogens (tertiary/aromatic N) is 1. The third kappa shape index (κ3) is 5.51. The lowest BCUT2D eigenvalue weighted by atomic mass is 10.1. The van der Waals surface area contributed by atoms with E-state index in [0.717, 1.165) is 14.9 Å². The molecule has 0 spiro atoms. The van der Waals surface area contributed by atoms with Crippen LogP contribution in [0.5, 0.6) is 11.5 Å². The zero-order chi connectivity index (χ0) is 25.1. The highest BCUT2D eigenvalue weighted by atomic mass is 79.9. The Balaban J connectivity index is 1.64. The summed E-state index contributed by atoms with van der Waals surface area (Å²) in [5.41, 5.74) is 1.32. The molecular weight excluding hydrogens is 559 g/mol. The number of methoxy groups -OCH3 is 1. The van der Waals surface area contributed by atoms with Crippen molar-refractivity contribution in [1.82, 2.24) is 5.32 Å². The number of halogens is 3. The van der Waals surface area contributed by atoms with Gasteiger partial charge in [-0.05, 0) is 65.7 Å².